The first-order valence-corrected chi connectivity index (χ1v) is 27.8. The molecule has 1 N–H and O–H groups in total. The predicted octanol–water partition coefficient (Wildman–Crippen LogP) is 16.5. The standard InChI is InChI=1S/C59H105NO7/c1-6-8-10-12-14-16-18-20-22-24-26-28-30-32-34-36-38-40-42-44-46-48-50-58(62)67-55(53-65-52-51-56(59(63)64)60(3,4)5)54-66-57(61)49-47-45-43-41-39-37-35-33-31-29-27-25-23-21-19-17-15-13-11-9-7-2/h9,11,15,17,21,23-24,26,30,32,55-56H,6-8,10,12-14,16,18-20,22,25,27-29,31,33-54H2,1-5H3/p+1/b11-9+,17-15+,23-21+,26-24+,32-30+. The van der Waals surface area contributed by atoms with Crippen molar-refractivity contribution in [3.05, 3.63) is 60.8 Å². The van der Waals surface area contributed by atoms with Crippen LogP contribution < -0.4 is 0 Å². The predicted molar refractivity (Wildman–Crippen MR) is 284 cm³/mol. The normalized spacial score (nSPS) is 13.3. The van der Waals surface area contributed by atoms with Crippen LogP contribution in [0.1, 0.15) is 245 Å². The van der Waals surface area contributed by atoms with Crippen molar-refractivity contribution < 1.29 is 38.2 Å². The molecule has 2 atom stereocenters. The maximum absolute atomic E-state index is 12.8. The highest BCUT2D eigenvalue weighted by atomic mass is 16.6. The van der Waals surface area contributed by atoms with Crippen LogP contribution in [0, 0.1) is 0 Å². The highest BCUT2D eigenvalue weighted by molar-refractivity contribution is 5.72. The number of esters is 2. The number of aliphatic carboxylic acids is 1. The highest BCUT2D eigenvalue weighted by Crippen LogP contribution is 2.16. The summed E-state index contributed by atoms with van der Waals surface area (Å²) in [5.41, 5.74) is 0. The second-order valence-corrected chi connectivity index (χ2v) is 19.8. The molecule has 0 aromatic rings. The van der Waals surface area contributed by atoms with Crippen molar-refractivity contribution in [3.8, 4) is 0 Å². The summed E-state index contributed by atoms with van der Waals surface area (Å²) in [5.74, 6) is -1.47. The van der Waals surface area contributed by atoms with Gasteiger partial charge < -0.3 is 23.8 Å². The van der Waals surface area contributed by atoms with Crippen molar-refractivity contribution in [2.45, 2.75) is 257 Å². The number of unbranched alkanes of at least 4 members (excludes halogenated alkanes) is 26. The average Bonchev–Trinajstić information content (AvgIpc) is 3.29. The van der Waals surface area contributed by atoms with Gasteiger partial charge in [0.2, 0.25) is 0 Å². The van der Waals surface area contributed by atoms with Gasteiger partial charge in [0.1, 0.15) is 6.61 Å². The van der Waals surface area contributed by atoms with Crippen molar-refractivity contribution in [3.63, 3.8) is 0 Å². The fourth-order valence-corrected chi connectivity index (χ4v) is 8.14. The van der Waals surface area contributed by atoms with E-state index in [2.05, 4.69) is 74.6 Å². The Labute approximate surface area is 413 Å². The van der Waals surface area contributed by atoms with Gasteiger partial charge in [0, 0.05) is 19.3 Å². The molecule has 0 heterocycles. The number of allylic oxidation sites excluding steroid dienone is 10. The second-order valence-electron chi connectivity index (χ2n) is 19.8. The molecular weight excluding hydrogens is 835 g/mol. The van der Waals surface area contributed by atoms with Crippen molar-refractivity contribution in [1.82, 2.24) is 0 Å². The summed E-state index contributed by atoms with van der Waals surface area (Å²) in [5, 5.41) is 9.67. The number of carboxylic acids is 1. The van der Waals surface area contributed by atoms with E-state index in [1.54, 1.807) is 0 Å². The molecule has 0 aliphatic rings. The lowest BCUT2D eigenvalue weighted by Crippen LogP contribution is -2.50. The van der Waals surface area contributed by atoms with Crippen LogP contribution in [0.25, 0.3) is 0 Å². The van der Waals surface area contributed by atoms with E-state index >= 15 is 0 Å². The summed E-state index contributed by atoms with van der Waals surface area (Å²) in [7, 11) is 5.54. The Kier molecular flexibility index (Phi) is 47.3. The van der Waals surface area contributed by atoms with Gasteiger partial charge in [-0.1, -0.05) is 209 Å². The van der Waals surface area contributed by atoms with Crippen LogP contribution in [0.2, 0.25) is 0 Å². The van der Waals surface area contributed by atoms with Gasteiger partial charge in [0.25, 0.3) is 0 Å². The summed E-state index contributed by atoms with van der Waals surface area (Å²) in [4.78, 5) is 37.3. The molecule has 0 amide bonds. The molecule has 388 valence electrons. The van der Waals surface area contributed by atoms with E-state index in [4.69, 9.17) is 14.2 Å². The van der Waals surface area contributed by atoms with Crippen LogP contribution in [-0.4, -0.2) is 80.6 Å². The molecule has 0 radical (unpaired) electrons. The lowest BCUT2D eigenvalue weighted by atomic mass is 10.0. The zero-order valence-corrected chi connectivity index (χ0v) is 44.3. The van der Waals surface area contributed by atoms with Gasteiger partial charge in [-0.15, -0.1) is 0 Å². The molecule has 0 aromatic carbocycles. The summed E-state index contributed by atoms with van der Waals surface area (Å²) in [6, 6.07) is -0.619. The summed E-state index contributed by atoms with van der Waals surface area (Å²) < 4.78 is 17.4. The van der Waals surface area contributed by atoms with Crippen LogP contribution in [0.5, 0.6) is 0 Å². The minimum Gasteiger partial charge on any atom is -0.477 e. The van der Waals surface area contributed by atoms with Gasteiger partial charge in [-0.25, -0.2) is 4.79 Å². The summed E-state index contributed by atoms with van der Waals surface area (Å²) >= 11 is 0. The quantitative estimate of drug-likeness (QED) is 0.0281. The van der Waals surface area contributed by atoms with Crippen LogP contribution in [0.15, 0.2) is 60.8 Å². The number of quaternary nitrogens is 1. The van der Waals surface area contributed by atoms with Crippen LogP contribution in [-0.2, 0) is 28.6 Å². The maximum Gasteiger partial charge on any atom is 0.362 e. The Morgan fingerprint density at radius 1 is 0.463 bits per heavy atom. The monoisotopic (exact) mass is 941 g/mol. The molecule has 0 fully saturated rings. The van der Waals surface area contributed by atoms with Gasteiger partial charge in [-0.2, -0.15) is 0 Å². The van der Waals surface area contributed by atoms with Crippen molar-refractivity contribution in [2.24, 2.45) is 0 Å². The number of hydrogen-bond acceptors (Lipinski definition) is 6. The van der Waals surface area contributed by atoms with Crippen LogP contribution >= 0.6 is 0 Å². The van der Waals surface area contributed by atoms with Crippen molar-refractivity contribution in [2.75, 3.05) is 41.0 Å². The van der Waals surface area contributed by atoms with E-state index in [-0.39, 0.29) is 36.2 Å². The third kappa shape index (κ3) is 47.9. The fourth-order valence-electron chi connectivity index (χ4n) is 8.14. The number of carboxylic acid groups (broad SMARTS) is 1. The topological polar surface area (TPSA) is 99.1 Å². The van der Waals surface area contributed by atoms with Gasteiger partial charge >= 0.3 is 17.9 Å². The first-order chi connectivity index (χ1) is 32.6. The lowest BCUT2D eigenvalue weighted by Gasteiger charge is -2.31. The van der Waals surface area contributed by atoms with Gasteiger partial charge in [-0.3, -0.25) is 9.59 Å². The number of likely N-dealkylation sites (N-methyl/N-ethyl adjacent to an activating group) is 1. The Hall–Kier alpha value is -2.97. The smallest absolute Gasteiger partial charge is 0.362 e. The molecule has 8 heteroatoms. The SMILES string of the molecule is CC/C=C/C/C=C/C/C=C/CCCCCCCCCCCCCC(=O)OCC(COCCC(C(=O)O)[N+](C)(C)C)OC(=O)CCCCCCCCC/C=C/C/C=C/CCCCCCCCCC. The van der Waals surface area contributed by atoms with E-state index in [0.29, 0.717) is 19.3 Å². The Morgan fingerprint density at radius 3 is 1.24 bits per heavy atom. The molecule has 0 spiro atoms. The number of rotatable bonds is 50. The number of carbonyl (C=O) groups excluding carboxylic acids is 2. The van der Waals surface area contributed by atoms with Gasteiger partial charge in [-0.05, 0) is 77.0 Å². The molecule has 2 unspecified atom stereocenters. The molecular formula is C59H106NO7+. The zero-order valence-electron chi connectivity index (χ0n) is 44.3. The minimum absolute atomic E-state index is 0.0563. The van der Waals surface area contributed by atoms with Gasteiger partial charge in [0.15, 0.2) is 12.1 Å². The molecule has 8 nitrogen and oxygen atoms in total. The van der Waals surface area contributed by atoms with E-state index < -0.39 is 18.1 Å². The molecule has 0 rings (SSSR count). The number of ether oxygens (including phenoxy) is 3. The van der Waals surface area contributed by atoms with Crippen LogP contribution in [0.4, 0.5) is 0 Å². The highest BCUT2D eigenvalue weighted by Gasteiger charge is 2.31. The Balaban J connectivity index is 4.21. The molecule has 0 aliphatic carbocycles. The van der Waals surface area contributed by atoms with Gasteiger partial charge in [0.05, 0.1) is 34.4 Å². The first kappa shape index (κ1) is 64.0. The minimum atomic E-state index is -0.876. The molecule has 67 heavy (non-hydrogen) atoms. The fraction of sp³-hybridized carbons (Fsp3) is 0.780. The molecule has 0 aromatic heterocycles. The lowest BCUT2D eigenvalue weighted by molar-refractivity contribution is -0.887. The van der Waals surface area contributed by atoms with E-state index in [1.807, 2.05) is 21.1 Å². The van der Waals surface area contributed by atoms with E-state index in [9.17, 15) is 19.5 Å². The molecule has 0 bridgehead atoms. The average molecular weight is 941 g/mol. The third-order valence-electron chi connectivity index (χ3n) is 12.4. The summed E-state index contributed by atoms with van der Waals surface area (Å²) in [6.45, 7) is 4.64. The van der Waals surface area contributed by atoms with Crippen molar-refractivity contribution >= 4 is 17.9 Å². The van der Waals surface area contributed by atoms with Crippen LogP contribution in [0.3, 0.4) is 0 Å². The molecule has 0 saturated heterocycles. The Morgan fingerprint density at radius 2 is 0.836 bits per heavy atom. The molecule has 0 saturated carbocycles. The largest absolute Gasteiger partial charge is 0.477 e. The van der Waals surface area contributed by atoms with E-state index in [1.165, 1.54) is 141 Å². The number of nitrogens with zero attached hydrogens (tertiary/aromatic N) is 1. The Bertz CT molecular complexity index is 1280. The van der Waals surface area contributed by atoms with Crippen molar-refractivity contribution in [1.29, 1.82) is 0 Å². The summed E-state index contributed by atoms with van der Waals surface area (Å²) in [6.07, 6.45) is 62.8. The number of hydrogen-bond donors (Lipinski definition) is 1. The van der Waals surface area contributed by atoms with E-state index in [0.717, 1.165) is 70.6 Å². The number of carbonyl (C=O) groups is 3. The maximum atomic E-state index is 12.8. The second kappa shape index (κ2) is 49.5. The zero-order chi connectivity index (χ0) is 49.2. The first-order valence-electron chi connectivity index (χ1n) is 27.8. The third-order valence-corrected chi connectivity index (χ3v) is 12.4. The molecule has 0 aliphatic heterocycles.